The predicted octanol–water partition coefficient (Wildman–Crippen LogP) is 2.73. The summed E-state index contributed by atoms with van der Waals surface area (Å²) in [6.07, 6.45) is 0. The molecule has 0 radical (unpaired) electrons. The summed E-state index contributed by atoms with van der Waals surface area (Å²) in [4.78, 5) is 11.7. The van der Waals surface area contributed by atoms with E-state index in [1.165, 1.54) is 6.07 Å². The van der Waals surface area contributed by atoms with Crippen molar-refractivity contribution in [1.82, 2.24) is 0 Å². The number of amides is 1. The van der Waals surface area contributed by atoms with Gasteiger partial charge in [0.15, 0.2) is 6.61 Å². The van der Waals surface area contributed by atoms with Crippen LogP contribution >= 0.6 is 0 Å². The van der Waals surface area contributed by atoms with Gasteiger partial charge in [0.25, 0.3) is 5.91 Å². The second-order valence-corrected chi connectivity index (χ2v) is 4.34. The third kappa shape index (κ3) is 3.47. The fourth-order valence-corrected chi connectivity index (χ4v) is 1.62. The molecule has 2 aromatic rings. The third-order valence-corrected chi connectivity index (χ3v) is 2.73. The number of nitrogens with one attached hydrogen (secondary N) is 1. The van der Waals surface area contributed by atoms with E-state index in [0.29, 0.717) is 22.7 Å². The van der Waals surface area contributed by atoms with E-state index < -0.39 is 0 Å². The maximum Gasteiger partial charge on any atom is 0.262 e. The number of nitrogen functional groups attached to an aromatic ring is 1. The maximum atomic E-state index is 13.3. The highest BCUT2D eigenvalue weighted by Crippen LogP contribution is 2.19. The predicted molar refractivity (Wildman–Crippen MR) is 76.1 cm³/mol. The first kappa shape index (κ1) is 13.9. The van der Waals surface area contributed by atoms with E-state index >= 15 is 0 Å². The molecule has 20 heavy (non-hydrogen) atoms. The van der Waals surface area contributed by atoms with Gasteiger partial charge in [0.1, 0.15) is 11.6 Å². The van der Waals surface area contributed by atoms with Crippen LogP contribution in [-0.2, 0) is 4.79 Å². The SMILES string of the molecule is Cc1ccc(NC(=O)COc2ccccc2N)cc1F. The second kappa shape index (κ2) is 6.06. The van der Waals surface area contributed by atoms with Crippen molar-refractivity contribution >= 4 is 17.3 Å². The molecule has 4 nitrogen and oxygen atoms in total. The number of carbonyl (C=O) groups is 1. The maximum absolute atomic E-state index is 13.3. The Kier molecular flexibility index (Phi) is 4.20. The zero-order valence-electron chi connectivity index (χ0n) is 11.0. The van der Waals surface area contributed by atoms with Crippen LogP contribution in [0, 0.1) is 12.7 Å². The number of halogens is 1. The molecule has 0 atom stereocenters. The second-order valence-electron chi connectivity index (χ2n) is 4.34. The van der Waals surface area contributed by atoms with Crippen molar-refractivity contribution < 1.29 is 13.9 Å². The topological polar surface area (TPSA) is 64.3 Å². The first-order valence-corrected chi connectivity index (χ1v) is 6.09. The molecule has 0 bridgehead atoms. The summed E-state index contributed by atoms with van der Waals surface area (Å²) in [5.74, 6) is -0.301. The van der Waals surface area contributed by atoms with Crippen molar-refractivity contribution in [3.8, 4) is 5.75 Å². The van der Waals surface area contributed by atoms with Crippen molar-refractivity contribution in [3.05, 3.63) is 53.8 Å². The Bertz CT molecular complexity index is 629. The van der Waals surface area contributed by atoms with Crippen molar-refractivity contribution in [2.75, 3.05) is 17.7 Å². The minimum atomic E-state index is -0.378. The van der Waals surface area contributed by atoms with E-state index in [9.17, 15) is 9.18 Å². The summed E-state index contributed by atoms with van der Waals surface area (Å²) < 4.78 is 18.6. The molecule has 2 rings (SSSR count). The van der Waals surface area contributed by atoms with Crippen LogP contribution in [-0.4, -0.2) is 12.5 Å². The molecular formula is C15H15FN2O2. The third-order valence-electron chi connectivity index (χ3n) is 2.73. The summed E-state index contributed by atoms with van der Waals surface area (Å²) in [6.45, 7) is 1.46. The van der Waals surface area contributed by atoms with Gasteiger partial charge < -0.3 is 15.8 Å². The van der Waals surface area contributed by atoms with E-state index in [1.54, 1.807) is 43.3 Å². The van der Waals surface area contributed by atoms with Crippen LogP contribution < -0.4 is 15.8 Å². The number of nitrogens with two attached hydrogens (primary N) is 1. The van der Waals surface area contributed by atoms with Crippen LogP contribution in [0.5, 0.6) is 5.75 Å². The van der Waals surface area contributed by atoms with E-state index in [0.717, 1.165) is 0 Å². The zero-order valence-corrected chi connectivity index (χ0v) is 11.0. The number of benzene rings is 2. The lowest BCUT2D eigenvalue weighted by Crippen LogP contribution is -2.20. The number of rotatable bonds is 4. The average Bonchev–Trinajstić information content (AvgIpc) is 2.42. The van der Waals surface area contributed by atoms with Gasteiger partial charge in [-0.1, -0.05) is 18.2 Å². The quantitative estimate of drug-likeness (QED) is 0.842. The Morgan fingerprint density at radius 2 is 2.05 bits per heavy atom. The monoisotopic (exact) mass is 274 g/mol. The van der Waals surface area contributed by atoms with Crippen molar-refractivity contribution in [2.24, 2.45) is 0 Å². The Morgan fingerprint density at radius 3 is 2.75 bits per heavy atom. The lowest BCUT2D eigenvalue weighted by atomic mass is 10.2. The van der Waals surface area contributed by atoms with Crippen molar-refractivity contribution in [2.45, 2.75) is 6.92 Å². The highest BCUT2D eigenvalue weighted by molar-refractivity contribution is 5.91. The normalized spacial score (nSPS) is 10.1. The van der Waals surface area contributed by atoms with Gasteiger partial charge >= 0.3 is 0 Å². The van der Waals surface area contributed by atoms with Gasteiger partial charge in [-0.3, -0.25) is 4.79 Å². The summed E-state index contributed by atoms with van der Waals surface area (Å²) in [6, 6.07) is 11.4. The number of anilines is 2. The molecular weight excluding hydrogens is 259 g/mol. The molecule has 0 aliphatic heterocycles. The van der Waals surface area contributed by atoms with Crippen LogP contribution in [0.3, 0.4) is 0 Å². The van der Waals surface area contributed by atoms with Gasteiger partial charge in [-0.25, -0.2) is 4.39 Å². The zero-order chi connectivity index (χ0) is 14.5. The van der Waals surface area contributed by atoms with Crippen LogP contribution in [0.1, 0.15) is 5.56 Å². The number of hydrogen-bond acceptors (Lipinski definition) is 3. The van der Waals surface area contributed by atoms with Crippen molar-refractivity contribution in [1.29, 1.82) is 0 Å². The van der Waals surface area contributed by atoms with Gasteiger partial charge in [-0.05, 0) is 36.8 Å². The Morgan fingerprint density at radius 1 is 1.30 bits per heavy atom. The van der Waals surface area contributed by atoms with Crippen LogP contribution in [0.25, 0.3) is 0 Å². The largest absolute Gasteiger partial charge is 0.482 e. The van der Waals surface area contributed by atoms with Crippen LogP contribution in [0.2, 0.25) is 0 Å². The van der Waals surface area contributed by atoms with Gasteiger partial charge in [-0.15, -0.1) is 0 Å². The molecule has 0 aromatic heterocycles. The van der Waals surface area contributed by atoms with Gasteiger partial charge in [0, 0.05) is 5.69 Å². The van der Waals surface area contributed by atoms with E-state index in [2.05, 4.69) is 5.32 Å². The fourth-order valence-electron chi connectivity index (χ4n) is 1.62. The summed E-state index contributed by atoms with van der Waals surface area (Å²) in [7, 11) is 0. The Labute approximate surface area is 116 Å². The minimum absolute atomic E-state index is 0.191. The average molecular weight is 274 g/mol. The number of hydrogen-bond donors (Lipinski definition) is 2. The fraction of sp³-hybridized carbons (Fsp3) is 0.133. The molecule has 0 aliphatic rings. The summed E-state index contributed by atoms with van der Waals surface area (Å²) in [5, 5.41) is 2.55. The molecule has 0 heterocycles. The van der Waals surface area contributed by atoms with Crippen LogP contribution in [0.4, 0.5) is 15.8 Å². The summed E-state index contributed by atoms with van der Waals surface area (Å²) in [5.41, 5.74) is 7.07. The molecule has 1 amide bonds. The molecule has 0 saturated carbocycles. The minimum Gasteiger partial charge on any atom is -0.482 e. The standard InChI is InChI=1S/C15H15FN2O2/c1-10-6-7-11(8-12(10)16)18-15(19)9-20-14-5-3-2-4-13(14)17/h2-8H,9,17H2,1H3,(H,18,19). The molecule has 0 fully saturated rings. The van der Waals surface area contributed by atoms with Gasteiger partial charge in [-0.2, -0.15) is 0 Å². The number of para-hydroxylation sites is 2. The van der Waals surface area contributed by atoms with Gasteiger partial charge in [0.05, 0.1) is 5.69 Å². The first-order valence-electron chi connectivity index (χ1n) is 6.09. The lowest BCUT2D eigenvalue weighted by molar-refractivity contribution is -0.118. The van der Waals surface area contributed by atoms with Crippen molar-refractivity contribution in [3.63, 3.8) is 0 Å². The molecule has 0 aliphatic carbocycles. The number of aryl methyl sites for hydroxylation is 1. The van der Waals surface area contributed by atoms with E-state index in [-0.39, 0.29) is 18.3 Å². The first-order chi connectivity index (χ1) is 9.56. The summed E-state index contributed by atoms with van der Waals surface area (Å²) >= 11 is 0. The number of ether oxygens (including phenoxy) is 1. The molecule has 2 aromatic carbocycles. The molecule has 0 spiro atoms. The lowest BCUT2D eigenvalue weighted by Gasteiger charge is -2.09. The van der Waals surface area contributed by atoms with E-state index in [1.807, 2.05) is 0 Å². The Hall–Kier alpha value is -2.56. The van der Waals surface area contributed by atoms with E-state index in [4.69, 9.17) is 10.5 Å². The smallest absolute Gasteiger partial charge is 0.262 e. The number of carbonyl (C=O) groups excluding carboxylic acids is 1. The molecule has 104 valence electrons. The van der Waals surface area contributed by atoms with Gasteiger partial charge in [0.2, 0.25) is 0 Å². The molecule has 0 saturated heterocycles. The highest BCUT2D eigenvalue weighted by atomic mass is 19.1. The molecule has 3 N–H and O–H groups in total. The van der Waals surface area contributed by atoms with Crippen LogP contribution in [0.15, 0.2) is 42.5 Å². The Balaban J connectivity index is 1.93. The molecule has 5 heteroatoms. The molecule has 0 unspecified atom stereocenters. The highest BCUT2D eigenvalue weighted by Gasteiger charge is 2.06.